The molecule has 0 N–H and O–H groups in total. The molecule has 0 saturated heterocycles. The van der Waals surface area contributed by atoms with E-state index in [1.54, 1.807) is 12.1 Å². The van der Waals surface area contributed by atoms with Gasteiger partial charge in [0.05, 0.1) is 10.1 Å². The van der Waals surface area contributed by atoms with E-state index in [2.05, 4.69) is 9.79 Å². The van der Waals surface area contributed by atoms with Gasteiger partial charge in [0.1, 0.15) is 0 Å². The van der Waals surface area contributed by atoms with Crippen LogP contribution >= 0.6 is 0 Å². The zero-order valence-electron chi connectivity index (χ0n) is 13.8. The average Bonchev–Trinajstić information content (AvgIpc) is 2.98. The van der Waals surface area contributed by atoms with E-state index in [1.807, 2.05) is 37.3 Å². The smallest absolute Gasteiger partial charge is 0.339 e. The normalized spacial score (nSPS) is 11.6. The van der Waals surface area contributed by atoms with Crippen LogP contribution in [0.15, 0.2) is 69.1 Å². The van der Waals surface area contributed by atoms with Gasteiger partial charge < -0.3 is 5.21 Å². The number of nitrogens with zero attached hydrogens (tertiary/aromatic N) is 2. The lowest BCUT2D eigenvalue weighted by molar-refractivity contribution is -0.808. The Bertz CT molecular complexity index is 949. The Morgan fingerprint density at radius 3 is 2.40 bits per heavy atom. The second-order valence-corrected chi connectivity index (χ2v) is 7.70. The van der Waals surface area contributed by atoms with E-state index in [9.17, 15) is 13.6 Å². The van der Waals surface area contributed by atoms with E-state index in [4.69, 9.17) is 0 Å². The van der Waals surface area contributed by atoms with Gasteiger partial charge in [0.25, 0.3) is 9.84 Å². The molecule has 3 aromatic rings. The van der Waals surface area contributed by atoms with Crippen LogP contribution in [0.25, 0.3) is 0 Å². The number of aryl methyl sites for hydroxylation is 2. The Balaban J connectivity index is 1.82. The van der Waals surface area contributed by atoms with Gasteiger partial charge in [-0.05, 0) is 42.4 Å². The molecule has 0 fully saturated rings. The second-order valence-electron chi connectivity index (χ2n) is 5.84. The summed E-state index contributed by atoms with van der Waals surface area (Å²) in [5.41, 5.74) is 2.11. The third-order valence-electron chi connectivity index (χ3n) is 3.97. The van der Waals surface area contributed by atoms with Crippen LogP contribution in [-0.2, 0) is 22.7 Å². The third kappa shape index (κ3) is 3.71. The lowest BCUT2D eigenvalue weighted by atomic mass is 10.1. The maximum absolute atomic E-state index is 12.7. The fraction of sp³-hybridized carbons (Fsp3) is 0.222. The van der Waals surface area contributed by atoms with Gasteiger partial charge in [-0.25, -0.2) is 8.42 Å². The number of hydrogen-bond donors (Lipinski definition) is 0. The highest BCUT2D eigenvalue weighted by atomic mass is 32.2. The van der Waals surface area contributed by atoms with E-state index in [0.29, 0.717) is 6.42 Å². The molecule has 2 aromatic carbocycles. The lowest BCUT2D eigenvalue weighted by Gasteiger charge is -2.02. The molecule has 0 spiro atoms. The number of aromatic nitrogens is 2. The van der Waals surface area contributed by atoms with Gasteiger partial charge in [-0.3, -0.25) is 4.63 Å². The summed E-state index contributed by atoms with van der Waals surface area (Å²) in [6, 6.07) is 16.2. The molecule has 6 nitrogen and oxygen atoms in total. The van der Waals surface area contributed by atoms with Crippen molar-refractivity contribution in [2.75, 3.05) is 0 Å². The molecule has 1 heterocycles. The van der Waals surface area contributed by atoms with Crippen LogP contribution in [0.3, 0.4) is 0 Å². The van der Waals surface area contributed by atoms with E-state index < -0.39 is 9.84 Å². The topological polar surface area (TPSA) is 87.1 Å². The van der Waals surface area contributed by atoms with Gasteiger partial charge in [-0.2, -0.15) is 0 Å². The minimum atomic E-state index is -3.89. The van der Waals surface area contributed by atoms with Crippen LogP contribution in [0.5, 0.6) is 0 Å². The molecular weight excluding hydrogens is 340 g/mol. The fourth-order valence-electron chi connectivity index (χ4n) is 2.59. The van der Waals surface area contributed by atoms with Crippen LogP contribution in [0, 0.1) is 12.1 Å². The minimum absolute atomic E-state index is 0.0384. The van der Waals surface area contributed by atoms with Gasteiger partial charge in [0, 0.05) is 6.42 Å². The molecule has 0 aliphatic heterocycles. The molecule has 25 heavy (non-hydrogen) atoms. The van der Waals surface area contributed by atoms with Crippen molar-refractivity contribution in [1.82, 2.24) is 5.16 Å². The summed E-state index contributed by atoms with van der Waals surface area (Å²) in [5, 5.41) is 15.0. The standard InChI is InChI=1S/C18H18N2O4S/c1-14-10-12-16(13-11-14)25(22,23)18-17(20(21)24-19-18)9-5-8-15-6-3-2-4-7-15/h2-4,6-7,10-13H,5,8-9H2,1H3. The molecule has 7 heteroatoms. The number of sulfone groups is 1. The monoisotopic (exact) mass is 358 g/mol. The summed E-state index contributed by atoms with van der Waals surface area (Å²) in [6.07, 6.45) is 1.61. The molecule has 0 radical (unpaired) electrons. The van der Waals surface area contributed by atoms with Crippen molar-refractivity contribution < 1.29 is 17.9 Å². The van der Waals surface area contributed by atoms with E-state index in [1.165, 1.54) is 12.1 Å². The highest BCUT2D eigenvalue weighted by molar-refractivity contribution is 7.91. The highest BCUT2D eigenvalue weighted by Gasteiger charge is 2.33. The molecule has 0 aliphatic rings. The second kappa shape index (κ2) is 7.06. The predicted molar refractivity (Wildman–Crippen MR) is 90.6 cm³/mol. The van der Waals surface area contributed by atoms with Crippen molar-refractivity contribution in [1.29, 1.82) is 0 Å². The predicted octanol–water partition coefficient (Wildman–Crippen LogP) is 2.62. The lowest BCUT2D eigenvalue weighted by Crippen LogP contribution is -2.29. The molecule has 3 rings (SSSR count). The summed E-state index contributed by atoms with van der Waals surface area (Å²) in [5.74, 6) is 0. The number of benzene rings is 2. The van der Waals surface area contributed by atoms with Crippen molar-refractivity contribution in [3.05, 3.63) is 76.6 Å². The highest BCUT2D eigenvalue weighted by Crippen LogP contribution is 2.22. The van der Waals surface area contributed by atoms with Gasteiger partial charge in [-0.1, -0.05) is 48.0 Å². The van der Waals surface area contributed by atoms with Gasteiger partial charge in [-0.15, -0.1) is 0 Å². The zero-order chi connectivity index (χ0) is 17.9. The molecule has 130 valence electrons. The van der Waals surface area contributed by atoms with Crippen LogP contribution in [0.4, 0.5) is 0 Å². The Kier molecular flexibility index (Phi) is 4.85. The largest absolute Gasteiger partial charge is 0.359 e. The van der Waals surface area contributed by atoms with Gasteiger partial charge >= 0.3 is 5.03 Å². The van der Waals surface area contributed by atoms with Crippen molar-refractivity contribution in [3.8, 4) is 0 Å². The minimum Gasteiger partial charge on any atom is -0.359 e. The third-order valence-corrected chi connectivity index (χ3v) is 5.68. The van der Waals surface area contributed by atoms with Crippen molar-refractivity contribution in [2.45, 2.75) is 36.1 Å². The number of rotatable bonds is 6. The maximum atomic E-state index is 12.7. The van der Waals surface area contributed by atoms with Crippen molar-refractivity contribution >= 4 is 9.84 Å². The zero-order valence-corrected chi connectivity index (χ0v) is 14.6. The summed E-state index contributed by atoms with van der Waals surface area (Å²) in [4.78, 5) is 0.280. The van der Waals surface area contributed by atoms with Crippen LogP contribution < -0.4 is 4.90 Å². The molecule has 0 amide bonds. The van der Waals surface area contributed by atoms with Crippen LogP contribution in [0.2, 0.25) is 0 Å². The summed E-state index contributed by atoms with van der Waals surface area (Å²) < 4.78 is 30.0. The average molecular weight is 358 g/mol. The van der Waals surface area contributed by atoms with Crippen LogP contribution in [-0.4, -0.2) is 13.6 Å². The SMILES string of the molecule is Cc1ccc(S(=O)(=O)c2no[n+]([O-])c2CCCc2ccccc2)cc1. The first-order valence-corrected chi connectivity index (χ1v) is 9.41. The van der Waals surface area contributed by atoms with E-state index in [0.717, 1.165) is 17.5 Å². The molecule has 0 atom stereocenters. The molecule has 0 unspecified atom stereocenters. The quantitative estimate of drug-likeness (QED) is 0.632. The van der Waals surface area contributed by atoms with E-state index in [-0.39, 0.29) is 26.9 Å². The van der Waals surface area contributed by atoms with Crippen molar-refractivity contribution in [2.24, 2.45) is 0 Å². The Morgan fingerprint density at radius 2 is 1.72 bits per heavy atom. The first-order valence-electron chi connectivity index (χ1n) is 7.93. The Morgan fingerprint density at radius 1 is 1.04 bits per heavy atom. The Hall–Kier alpha value is -2.67. The van der Waals surface area contributed by atoms with Gasteiger partial charge in [0.15, 0.2) is 0 Å². The van der Waals surface area contributed by atoms with Crippen LogP contribution in [0.1, 0.15) is 23.2 Å². The first kappa shape index (κ1) is 17.2. The molecule has 0 saturated carbocycles. The maximum Gasteiger partial charge on any atom is 0.339 e. The van der Waals surface area contributed by atoms with Gasteiger partial charge in [0.2, 0.25) is 5.69 Å². The molecule has 0 bridgehead atoms. The Labute approximate surface area is 146 Å². The molecular formula is C18H18N2O4S. The summed E-state index contributed by atoms with van der Waals surface area (Å²) >= 11 is 0. The summed E-state index contributed by atoms with van der Waals surface area (Å²) in [7, 11) is -3.89. The fourth-order valence-corrected chi connectivity index (χ4v) is 3.93. The van der Waals surface area contributed by atoms with E-state index >= 15 is 0 Å². The molecule has 1 aromatic heterocycles. The van der Waals surface area contributed by atoms with Crippen molar-refractivity contribution in [3.63, 3.8) is 0 Å². The summed E-state index contributed by atoms with van der Waals surface area (Å²) in [6.45, 7) is 1.87. The first-order chi connectivity index (χ1) is 12.0. The molecule has 0 aliphatic carbocycles. The number of hydrogen-bond acceptors (Lipinski definition) is 5.